The Morgan fingerprint density at radius 3 is 2.16 bits per heavy atom. The van der Waals surface area contributed by atoms with Gasteiger partial charge < -0.3 is 29.7 Å². The van der Waals surface area contributed by atoms with Gasteiger partial charge in [-0.2, -0.15) is 0 Å². The van der Waals surface area contributed by atoms with Crippen LogP contribution in [0.25, 0.3) is 21.5 Å². The number of anilines is 1. The Labute approximate surface area is 145 Å². The van der Waals surface area contributed by atoms with Crippen LogP contribution in [0.3, 0.4) is 0 Å². The zero-order valence-electron chi connectivity index (χ0n) is 10.8. The van der Waals surface area contributed by atoms with Gasteiger partial charge in [0, 0.05) is 19.8 Å². The molecule has 0 aliphatic carbocycles. The number of hydrogen-bond acceptors (Lipinski definition) is 1. The van der Waals surface area contributed by atoms with E-state index >= 15 is 0 Å². The summed E-state index contributed by atoms with van der Waals surface area (Å²) < 4.78 is 0. The fourth-order valence-electron chi connectivity index (χ4n) is 2.36. The quantitative estimate of drug-likeness (QED) is 0.439. The first kappa shape index (κ1) is 18.6. The second-order valence-corrected chi connectivity index (χ2v) is 4.37. The minimum atomic E-state index is 0. The fourth-order valence-corrected chi connectivity index (χ4v) is 2.36. The van der Waals surface area contributed by atoms with E-state index in [2.05, 4.69) is 67.5 Å². The Morgan fingerprint density at radius 2 is 1.47 bits per heavy atom. The van der Waals surface area contributed by atoms with Crippen LogP contribution in [-0.4, -0.2) is 14.1 Å². The van der Waals surface area contributed by atoms with Crippen molar-refractivity contribution < 1.29 is 51.0 Å². The number of halogens is 2. The van der Waals surface area contributed by atoms with Gasteiger partial charge in [0.2, 0.25) is 0 Å². The van der Waals surface area contributed by atoms with Gasteiger partial charge in [-0.25, -0.2) is 0 Å². The molecule has 0 heterocycles. The molecule has 1 nitrogen and oxygen atoms in total. The minimum Gasteiger partial charge on any atom is -1.00 e. The van der Waals surface area contributed by atoms with E-state index in [-0.39, 0.29) is 51.0 Å². The Hall–Kier alpha value is -0.427. The molecule has 0 spiro atoms. The van der Waals surface area contributed by atoms with Crippen LogP contribution in [-0.2, 0) is 26.2 Å². The molecule has 19 heavy (non-hydrogen) atoms. The molecule has 3 rings (SSSR count). The van der Waals surface area contributed by atoms with Crippen LogP contribution in [0.5, 0.6) is 0 Å². The number of nitrogens with zero attached hydrogens (tertiary/aromatic N) is 1. The Balaban J connectivity index is 0.00000108. The maximum absolute atomic E-state index is 2.26. The van der Waals surface area contributed by atoms with Gasteiger partial charge in [0.25, 0.3) is 0 Å². The summed E-state index contributed by atoms with van der Waals surface area (Å²) in [4.78, 5) is 2.18. The number of fused-ring (bicyclic) bond motifs is 3. The monoisotopic (exact) mass is 368 g/mol. The maximum atomic E-state index is 2.26. The molecule has 0 atom stereocenters. The first-order chi connectivity index (χ1) is 7.77. The number of benzene rings is 2. The Morgan fingerprint density at radius 1 is 0.842 bits per heavy atom. The van der Waals surface area contributed by atoms with Gasteiger partial charge in [-0.1, -0.05) is 35.7 Å². The van der Waals surface area contributed by atoms with Crippen LogP contribution in [0.1, 0.15) is 0 Å². The summed E-state index contributed by atoms with van der Waals surface area (Å²) in [6.07, 6.45) is 0. The molecule has 0 saturated heterocycles. The van der Waals surface area contributed by atoms with Gasteiger partial charge in [-0.15, -0.1) is 34.4 Å². The number of rotatable bonds is 1. The van der Waals surface area contributed by atoms with Crippen molar-refractivity contribution in [2.24, 2.45) is 0 Å². The van der Waals surface area contributed by atoms with Crippen molar-refractivity contribution in [1.82, 2.24) is 0 Å². The summed E-state index contributed by atoms with van der Waals surface area (Å²) in [5.41, 5.74) is 1.29. The summed E-state index contributed by atoms with van der Waals surface area (Å²) >= 11 is 0. The van der Waals surface area contributed by atoms with E-state index in [1.54, 1.807) is 0 Å². The van der Waals surface area contributed by atoms with Crippen molar-refractivity contribution in [2.45, 2.75) is 0 Å². The van der Waals surface area contributed by atoms with Gasteiger partial charge in [0.15, 0.2) is 0 Å². The van der Waals surface area contributed by atoms with Crippen LogP contribution in [0, 0.1) is 0 Å². The van der Waals surface area contributed by atoms with E-state index in [9.17, 15) is 0 Å². The average Bonchev–Trinajstić information content (AvgIpc) is 2.66. The van der Waals surface area contributed by atoms with Crippen molar-refractivity contribution in [1.29, 1.82) is 0 Å². The zero-order chi connectivity index (χ0) is 11.1. The van der Waals surface area contributed by atoms with Crippen LogP contribution >= 0.6 is 0 Å². The third-order valence-electron chi connectivity index (χ3n) is 3.10. The predicted octanol–water partition coefficient (Wildman–Crippen LogP) is -2.22. The molecular formula is C15H14Cl2NZr. The minimum absolute atomic E-state index is 0. The van der Waals surface area contributed by atoms with Gasteiger partial charge in [0.05, 0.1) is 0 Å². The fraction of sp³-hybridized carbons (Fsp3) is 0.133. The van der Waals surface area contributed by atoms with E-state index in [4.69, 9.17) is 0 Å². The average molecular weight is 370 g/mol. The standard InChI is InChI=1S/C15H14N.2ClH.Zr/c1-16(2)14-9-5-7-12-10-11-6-3-4-8-13(11)15(12)14;;;/h3-10H,1-2H3;2*1H;/q-1;;;+3/p-2. The van der Waals surface area contributed by atoms with Gasteiger partial charge in [-0.3, -0.25) is 0 Å². The van der Waals surface area contributed by atoms with E-state index < -0.39 is 0 Å². The first-order valence-electron chi connectivity index (χ1n) is 5.52. The predicted molar refractivity (Wildman–Crippen MR) is 71.4 cm³/mol. The molecule has 0 fully saturated rings. The second-order valence-electron chi connectivity index (χ2n) is 4.37. The third-order valence-corrected chi connectivity index (χ3v) is 3.10. The van der Waals surface area contributed by atoms with E-state index in [1.807, 2.05) is 0 Å². The Kier molecular flexibility index (Phi) is 7.21. The summed E-state index contributed by atoms with van der Waals surface area (Å²) in [7, 11) is 4.19. The summed E-state index contributed by atoms with van der Waals surface area (Å²) in [6.45, 7) is 0. The molecule has 0 aliphatic rings. The molecule has 3 aromatic rings. The summed E-state index contributed by atoms with van der Waals surface area (Å²) in [6, 6.07) is 17.3. The topological polar surface area (TPSA) is 3.24 Å². The van der Waals surface area contributed by atoms with Crippen molar-refractivity contribution in [3.05, 3.63) is 48.5 Å². The first-order valence-corrected chi connectivity index (χ1v) is 5.52. The summed E-state index contributed by atoms with van der Waals surface area (Å²) in [5.74, 6) is 0. The van der Waals surface area contributed by atoms with Crippen molar-refractivity contribution >= 4 is 27.2 Å². The molecule has 0 N–H and O–H groups in total. The second kappa shape index (κ2) is 7.38. The van der Waals surface area contributed by atoms with E-state index in [0.717, 1.165) is 0 Å². The molecule has 4 heteroatoms. The van der Waals surface area contributed by atoms with E-state index in [0.29, 0.717) is 0 Å². The van der Waals surface area contributed by atoms with Crippen molar-refractivity contribution in [3.63, 3.8) is 0 Å². The SMILES string of the molecule is CN(C)c1cccc2[cH-]c3ccccc3c12.[Cl-].[Cl-].[Zr+3]. The molecule has 0 aliphatic heterocycles. The van der Waals surface area contributed by atoms with Crippen LogP contribution < -0.4 is 29.7 Å². The third kappa shape index (κ3) is 3.19. The molecule has 0 amide bonds. The van der Waals surface area contributed by atoms with Gasteiger partial charge in [0.1, 0.15) is 0 Å². The van der Waals surface area contributed by atoms with Gasteiger partial charge >= 0.3 is 26.2 Å². The van der Waals surface area contributed by atoms with Crippen molar-refractivity contribution in [2.75, 3.05) is 19.0 Å². The molecule has 97 valence electrons. The molecule has 0 unspecified atom stereocenters. The van der Waals surface area contributed by atoms with Crippen LogP contribution in [0.4, 0.5) is 5.69 Å². The van der Waals surface area contributed by atoms with Crippen molar-refractivity contribution in [3.8, 4) is 0 Å². The summed E-state index contributed by atoms with van der Waals surface area (Å²) in [5, 5.41) is 5.36. The largest absolute Gasteiger partial charge is 3.00 e. The molecule has 0 bridgehead atoms. The normalized spacial score (nSPS) is 9.37. The van der Waals surface area contributed by atoms with Gasteiger partial charge in [-0.05, 0) is 0 Å². The smallest absolute Gasteiger partial charge is 1.00 e. The molecule has 3 aromatic carbocycles. The van der Waals surface area contributed by atoms with Crippen LogP contribution in [0.15, 0.2) is 48.5 Å². The molecule has 0 saturated carbocycles. The Bertz CT molecular complexity index is 661. The maximum Gasteiger partial charge on any atom is 3.00 e. The van der Waals surface area contributed by atoms with E-state index in [1.165, 1.54) is 27.2 Å². The molecule has 0 aromatic heterocycles. The molecule has 1 radical (unpaired) electrons. The molecular weight excluding hydrogens is 356 g/mol. The number of hydrogen-bond donors (Lipinski definition) is 0. The van der Waals surface area contributed by atoms with Crippen LogP contribution in [0.2, 0.25) is 0 Å². The zero-order valence-corrected chi connectivity index (χ0v) is 14.8.